The number of nitrogens with one attached hydrogen (secondary N) is 1. The molecular weight excluding hydrogens is 350 g/mol. The molecule has 0 saturated heterocycles. The van der Waals surface area contributed by atoms with Crippen molar-refractivity contribution in [2.45, 2.75) is 20.0 Å². The van der Waals surface area contributed by atoms with Crippen molar-refractivity contribution in [3.05, 3.63) is 54.1 Å². The summed E-state index contributed by atoms with van der Waals surface area (Å²) in [5.41, 5.74) is 1.98. The third kappa shape index (κ3) is 4.37. The average Bonchev–Trinajstić information content (AvgIpc) is 3.10. The smallest absolute Gasteiger partial charge is 0.266 e. The van der Waals surface area contributed by atoms with E-state index in [9.17, 15) is 4.79 Å². The van der Waals surface area contributed by atoms with Gasteiger partial charge in [-0.1, -0.05) is 23.5 Å². The molecule has 1 amide bonds. The molecule has 1 atom stereocenters. The third-order valence-electron chi connectivity index (χ3n) is 3.66. The molecule has 0 aliphatic carbocycles. The Morgan fingerprint density at radius 1 is 1.12 bits per heavy atom. The van der Waals surface area contributed by atoms with Gasteiger partial charge in [0.05, 0.1) is 7.11 Å². The maximum atomic E-state index is 12.3. The number of hydrogen-bond donors (Lipinski definition) is 1. The summed E-state index contributed by atoms with van der Waals surface area (Å²) in [6.45, 7) is 3.67. The van der Waals surface area contributed by atoms with Gasteiger partial charge in [-0.25, -0.2) is 0 Å². The first-order chi connectivity index (χ1) is 12.5. The maximum absolute atomic E-state index is 12.3. The number of aromatic nitrogens is 2. The van der Waals surface area contributed by atoms with Gasteiger partial charge in [-0.3, -0.25) is 10.1 Å². The van der Waals surface area contributed by atoms with Gasteiger partial charge in [0.15, 0.2) is 6.10 Å². The first-order valence-electron chi connectivity index (χ1n) is 8.07. The second-order valence-electron chi connectivity index (χ2n) is 5.71. The van der Waals surface area contributed by atoms with Crippen LogP contribution in [-0.4, -0.2) is 29.3 Å². The number of aryl methyl sites for hydroxylation is 1. The molecule has 134 valence electrons. The number of hydrogen-bond acceptors (Lipinski definition) is 6. The Morgan fingerprint density at radius 3 is 2.58 bits per heavy atom. The Bertz CT molecular complexity index is 893. The Balaban J connectivity index is 1.63. The number of carbonyl (C=O) groups is 1. The van der Waals surface area contributed by atoms with Crippen LogP contribution >= 0.6 is 11.3 Å². The third-order valence-corrected chi connectivity index (χ3v) is 4.55. The van der Waals surface area contributed by atoms with Gasteiger partial charge in [0.2, 0.25) is 5.13 Å². The fourth-order valence-corrected chi connectivity index (χ4v) is 3.03. The highest BCUT2D eigenvalue weighted by molar-refractivity contribution is 7.18. The van der Waals surface area contributed by atoms with Gasteiger partial charge in [-0.2, -0.15) is 0 Å². The van der Waals surface area contributed by atoms with Crippen molar-refractivity contribution in [3.8, 4) is 22.1 Å². The molecule has 0 spiro atoms. The number of nitrogens with zero attached hydrogens (tertiary/aromatic N) is 2. The van der Waals surface area contributed by atoms with E-state index in [-0.39, 0.29) is 5.91 Å². The fraction of sp³-hybridized carbons (Fsp3) is 0.211. The second kappa shape index (κ2) is 7.97. The van der Waals surface area contributed by atoms with Gasteiger partial charge in [0.1, 0.15) is 16.5 Å². The zero-order chi connectivity index (χ0) is 18.5. The normalized spacial score (nSPS) is 11.7. The van der Waals surface area contributed by atoms with E-state index in [0.29, 0.717) is 10.9 Å². The monoisotopic (exact) mass is 369 g/mol. The first kappa shape index (κ1) is 17.9. The van der Waals surface area contributed by atoms with Crippen molar-refractivity contribution in [2.75, 3.05) is 12.4 Å². The molecule has 0 radical (unpaired) electrons. The zero-order valence-corrected chi connectivity index (χ0v) is 15.5. The lowest BCUT2D eigenvalue weighted by Crippen LogP contribution is -2.30. The van der Waals surface area contributed by atoms with E-state index in [0.717, 1.165) is 21.9 Å². The van der Waals surface area contributed by atoms with Crippen molar-refractivity contribution in [3.63, 3.8) is 0 Å². The number of amides is 1. The van der Waals surface area contributed by atoms with E-state index in [4.69, 9.17) is 9.47 Å². The van der Waals surface area contributed by atoms with Crippen LogP contribution in [0.4, 0.5) is 5.13 Å². The summed E-state index contributed by atoms with van der Waals surface area (Å²) >= 11 is 1.30. The Kier molecular flexibility index (Phi) is 5.48. The second-order valence-corrected chi connectivity index (χ2v) is 6.68. The molecule has 0 fully saturated rings. The molecule has 7 heteroatoms. The average molecular weight is 369 g/mol. The van der Waals surface area contributed by atoms with Crippen LogP contribution in [0.25, 0.3) is 10.6 Å². The standard InChI is InChI=1S/C19H19N3O3S/c1-12-5-4-6-16(11-12)25-13(2)17(23)20-19-22-21-18(26-19)14-7-9-15(24-3)10-8-14/h4-11,13H,1-3H3,(H,20,22,23). The molecule has 6 nitrogen and oxygen atoms in total. The summed E-state index contributed by atoms with van der Waals surface area (Å²) in [5.74, 6) is 1.15. The molecule has 0 bridgehead atoms. The van der Waals surface area contributed by atoms with Crippen molar-refractivity contribution in [1.29, 1.82) is 0 Å². The molecular formula is C19H19N3O3S. The summed E-state index contributed by atoms with van der Waals surface area (Å²) in [6.07, 6.45) is -0.648. The maximum Gasteiger partial charge on any atom is 0.266 e. The number of benzene rings is 2. The molecule has 1 unspecified atom stereocenters. The Hall–Kier alpha value is -2.93. The molecule has 1 N–H and O–H groups in total. The number of rotatable bonds is 6. The van der Waals surface area contributed by atoms with Crippen LogP contribution in [0, 0.1) is 6.92 Å². The lowest BCUT2D eigenvalue weighted by Gasteiger charge is -2.13. The highest BCUT2D eigenvalue weighted by atomic mass is 32.1. The fourth-order valence-electron chi connectivity index (χ4n) is 2.28. The van der Waals surface area contributed by atoms with Crippen LogP contribution in [0.1, 0.15) is 12.5 Å². The van der Waals surface area contributed by atoms with Crippen molar-refractivity contribution < 1.29 is 14.3 Å². The first-order valence-corrected chi connectivity index (χ1v) is 8.89. The number of ether oxygens (including phenoxy) is 2. The van der Waals surface area contributed by atoms with Gasteiger partial charge in [-0.05, 0) is 55.8 Å². The van der Waals surface area contributed by atoms with Crippen molar-refractivity contribution >= 4 is 22.4 Å². The molecule has 1 heterocycles. The molecule has 0 aliphatic rings. The molecule has 2 aromatic carbocycles. The van der Waals surface area contributed by atoms with Gasteiger partial charge < -0.3 is 9.47 Å². The Labute approximate surface area is 155 Å². The van der Waals surface area contributed by atoms with E-state index in [1.54, 1.807) is 14.0 Å². The van der Waals surface area contributed by atoms with Gasteiger partial charge >= 0.3 is 0 Å². The Morgan fingerprint density at radius 2 is 1.88 bits per heavy atom. The highest BCUT2D eigenvalue weighted by Crippen LogP contribution is 2.28. The minimum absolute atomic E-state index is 0.274. The zero-order valence-electron chi connectivity index (χ0n) is 14.7. The van der Waals surface area contributed by atoms with Gasteiger partial charge in [-0.15, -0.1) is 10.2 Å². The number of methoxy groups -OCH3 is 1. The topological polar surface area (TPSA) is 73.3 Å². The van der Waals surface area contributed by atoms with Gasteiger partial charge in [0, 0.05) is 5.56 Å². The lowest BCUT2D eigenvalue weighted by atomic mass is 10.2. The minimum Gasteiger partial charge on any atom is -0.497 e. The molecule has 0 saturated carbocycles. The molecule has 3 aromatic rings. The molecule has 3 rings (SSSR count). The van der Waals surface area contributed by atoms with E-state index in [2.05, 4.69) is 15.5 Å². The van der Waals surface area contributed by atoms with E-state index in [1.807, 2.05) is 55.5 Å². The van der Waals surface area contributed by atoms with E-state index >= 15 is 0 Å². The summed E-state index contributed by atoms with van der Waals surface area (Å²) in [5, 5.41) is 12.0. The largest absolute Gasteiger partial charge is 0.497 e. The number of carbonyl (C=O) groups excluding carboxylic acids is 1. The summed E-state index contributed by atoms with van der Waals surface area (Å²) in [4.78, 5) is 12.3. The molecule has 1 aromatic heterocycles. The van der Waals surface area contributed by atoms with Crippen molar-refractivity contribution in [2.24, 2.45) is 0 Å². The summed E-state index contributed by atoms with van der Waals surface area (Å²) < 4.78 is 10.8. The minimum atomic E-state index is -0.648. The van der Waals surface area contributed by atoms with Crippen LogP contribution in [0.15, 0.2) is 48.5 Å². The predicted octanol–water partition coefficient (Wildman–Crippen LogP) is 3.93. The highest BCUT2D eigenvalue weighted by Gasteiger charge is 2.17. The molecule has 26 heavy (non-hydrogen) atoms. The van der Waals surface area contributed by atoms with Crippen molar-refractivity contribution in [1.82, 2.24) is 10.2 Å². The summed E-state index contributed by atoms with van der Waals surface area (Å²) in [6, 6.07) is 15.1. The van der Waals surface area contributed by atoms with E-state index < -0.39 is 6.10 Å². The quantitative estimate of drug-likeness (QED) is 0.713. The van der Waals surface area contributed by atoms with Crippen LogP contribution in [0.2, 0.25) is 0 Å². The van der Waals surface area contributed by atoms with Crippen LogP contribution in [0.5, 0.6) is 11.5 Å². The lowest BCUT2D eigenvalue weighted by molar-refractivity contribution is -0.122. The van der Waals surface area contributed by atoms with Crippen LogP contribution in [0.3, 0.4) is 0 Å². The van der Waals surface area contributed by atoms with Crippen LogP contribution < -0.4 is 14.8 Å². The SMILES string of the molecule is COc1ccc(-c2nnc(NC(=O)C(C)Oc3cccc(C)c3)s2)cc1. The predicted molar refractivity (Wildman–Crippen MR) is 102 cm³/mol. The number of anilines is 1. The van der Waals surface area contributed by atoms with E-state index in [1.165, 1.54) is 11.3 Å². The summed E-state index contributed by atoms with van der Waals surface area (Å²) in [7, 11) is 1.62. The molecule has 0 aliphatic heterocycles. The van der Waals surface area contributed by atoms with Gasteiger partial charge in [0.25, 0.3) is 5.91 Å². The van der Waals surface area contributed by atoms with Crippen LogP contribution in [-0.2, 0) is 4.79 Å².